The highest BCUT2D eigenvalue weighted by Crippen LogP contribution is 2.18. The summed E-state index contributed by atoms with van der Waals surface area (Å²) in [6.45, 7) is 4.91. The smallest absolute Gasteiger partial charge is 0.305 e. The van der Waals surface area contributed by atoms with Gasteiger partial charge < -0.3 is 20.3 Å². The minimum absolute atomic E-state index is 0.0123. The molecule has 0 fully saturated rings. The van der Waals surface area contributed by atoms with Crippen LogP contribution in [0.15, 0.2) is 48.6 Å². The number of unbranched alkanes of at least 4 members (excludes halogenated alkanes) is 52. The number of aliphatic hydroxyl groups is 2. The quantitative estimate of drug-likeness (QED) is 0.0320. The molecule has 0 saturated heterocycles. The fraction of sp³-hybridized carbons (Fsp3) is 0.868. The maximum atomic E-state index is 12.4. The molecule has 2 atom stereocenters. The van der Waals surface area contributed by atoms with E-state index in [0.717, 1.165) is 51.4 Å². The molecule has 0 aliphatic carbocycles. The first-order valence-electron chi connectivity index (χ1n) is 36.9. The van der Waals surface area contributed by atoms with Crippen molar-refractivity contribution < 1.29 is 24.5 Å². The van der Waals surface area contributed by atoms with Crippen LogP contribution in [0.1, 0.15) is 399 Å². The number of rotatable bonds is 69. The molecular formula is C76H143NO5. The Morgan fingerprint density at radius 2 is 0.610 bits per heavy atom. The Kier molecular flexibility index (Phi) is 69.4. The largest absolute Gasteiger partial charge is 0.466 e. The van der Waals surface area contributed by atoms with E-state index in [4.69, 9.17) is 4.74 Å². The van der Waals surface area contributed by atoms with Crippen LogP contribution in [0.3, 0.4) is 0 Å². The zero-order chi connectivity index (χ0) is 59.2. The van der Waals surface area contributed by atoms with Crippen molar-refractivity contribution in [1.29, 1.82) is 0 Å². The van der Waals surface area contributed by atoms with Crippen LogP contribution in [0.25, 0.3) is 0 Å². The van der Waals surface area contributed by atoms with Crippen molar-refractivity contribution in [1.82, 2.24) is 5.32 Å². The third-order valence-corrected chi connectivity index (χ3v) is 17.1. The van der Waals surface area contributed by atoms with E-state index in [-0.39, 0.29) is 18.5 Å². The topological polar surface area (TPSA) is 95.9 Å². The molecule has 0 saturated carbocycles. The molecule has 0 bridgehead atoms. The summed E-state index contributed by atoms with van der Waals surface area (Å²) in [4.78, 5) is 24.5. The van der Waals surface area contributed by atoms with Gasteiger partial charge in [0.05, 0.1) is 25.4 Å². The monoisotopic (exact) mass is 1150 g/mol. The number of nitrogens with one attached hydrogen (secondary N) is 1. The van der Waals surface area contributed by atoms with Gasteiger partial charge in [0, 0.05) is 12.8 Å². The van der Waals surface area contributed by atoms with Gasteiger partial charge in [0.2, 0.25) is 5.91 Å². The van der Waals surface area contributed by atoms with E-state index in [1.807, 2.05) is 6.08 Å². The second-order valence-corrected chi connectivity index (χ2v) is 25.3. The lowest BCUT2D eigenvalue weighted by atomic mass is 10.0. The van der Waals surface area contributed by atoms with E-state index in [1.54, 1.807) is 6.08 Å². The normalized spacial score (nSPS) is 12.8. The second-order valence-electron chi connectivity index (χ2n) is 25.3. The number of allylic oxidation sites excluding steroid dienone is 7. The molecule has 0 rings (SSSR count). The van der Waals surface area contributed by atoms with Gasteiger partial charge >= 0.3 is 5.97 Å². The fourth-order valence-corrected chi connectivity index (χ4v) is 11.4. The Labute approximate surface area is 512 Å². The molecule has 0 radical (unpaired) electrons. The van der Waals surface area contributed by atoms with Crippen molar-refractivity contribution in [3.63, 3.8) is 0 Å². The van der Waals surface area contributed by atoms with Crippen LogP contribution < -0.4 is 5.32 Å². The van der Waals surface area contributed by atoms with Gasteiger partial charge in [-0.05, 0) is 89.9 Å². The molecule has 0 aromatic carbocycles. The van der Waals surface area contributed by atoms with Crippen molar-refractivity contribution >= 4 is 11.9 Å². The third-order valence-electron chi connectivity index (χ3n) is 17.1. The molecule has 6 nitrogen and oxygen atoms in total. The van der Waals surface area contributed by atoms with Crippen LogP contribution in [0.2, 0.25) is 0 Å². The Hall–Kier alpha value is -2.18. The first-order valence-corrected chi connectivity index (χ1v) is 36.9. The van der Waals surface area contributed by atoms with E-state index in [1.165, 1.54) is 321 Å². The van der Waals surface area contributed by atoms with Crippen LogP contribution in [-0.4, -0.2) is 47.4 Å². The van der Waals surface area contributed by atoms with Gasteiger partial charge in [-0.15, -0.1) is 0 Å². The summed E-state index contributed by atoms with van der Waals surface area (Å²) < 4.78 is 5.49. The zero-order valence-corrected chi connectivity index (χ0v) is 55.2. The maximum Gasteiger partial charge on any atom is 0.305 e. The molecule has 1 amide bonds. The van der Waals surface area contributed by atoms with Gasteiger partial charge in [-0.1, -0.05) is 345 Å². The standard InChI is InChI=1S/C76H143NO5/c1-3-5-7-9-11-13-15-16-42-46-50-54-58-62-66-70-76(81)82-71-67-63-59-55-51-47-44-41-39-37-35-33-31-29-27-25-23-21-19-17-18-20-22-24-26-28-30-32-34-36-38-40-43-45-49-53-57-61-65-69-75(80)77-73(72-78)74(79)68-64-60-56-52-48-14-12-10-8-6-4-2/h16-18,21,23,42,64,68,73-74,78-79H,3-15,19-20,22,24-41,43-63,65-67,69-72H2,1-2H3,(H,77,80)/b18-17-,23-21-,42-16-,68-64+. The van der Waals surface area contributed by atoms with Crippen molar-refractivity contribution in [3.05, 3.63) is 48.6 Å². The average Bonchev–Trinajstić information content (AvgIpc) is 3.48. The van der Waals surface area contributed by atoms with E-state index in [9.17, 15) is 19.8 Å². The first kappa shape index (κ1) is 79.8. The summed E-state index contributed by atoms with van der Waals surface area (Å²) in [6.07, 6.45) is 93.7. The van der Waals surface area contributed by atoms with Crippen LogP contribution >= 0.6 is 0 Å². The van der Waals surface area contributed by atoms with Gasteiger partial charge in [-0.2, -0.15) is 0 Å². The Balaban J connectivity index is 3.35. The number of hydrogen-bond acceptors (Lipinski definition) is 5. The molecular weight excluding hydrogens is 1010 g/mol. The zero-order valence-electron chi connectivity index (χ0n) is 55.2. The van der Waals surface area contributed by atoms with E-state index in [0.29, 0.717) is 19.4 Å². The highest BCUT2D eigenvalue weighted by molar-refractivity contribution is 5.76. The molecule has 82 heavy (non-hydrogen) atoms. The first-order chi connectivity index (χ1) is 40.5. The SMILES string of the molecule is CCCCCCCC/C=C\CCCCCCCC(=O)OCCCCCCCCCCCCCCCCC/C=C\C/C=C\CCCCCCCCCCCCCCCCCCCC(=O)NC(CO)C(O)/C=C/CCCCCCCCCCC. The van der Waals surface area contributed by atoms with Crippen LogP contribution in [0.5, 0.6) is 0 Å². The molecule has 0 aliphatic rings. The summed E-state index contributed by atoms with van der Waals surface area (Å²) in [5.41, 5.74) is 0. The molecule has 0 aromatic rings. The minimum atomic E-state index is -0.841. The lowest BCUT2D eigenvalue weighted by Gasteiger charge is -2.20. The lowest BCUT2D eigenvalue weighted by molar-refractivity contribution is -0.143. The predicted molar refractivity (Wildman–Crippen MR) is 361 cm³/mol. The molecule has 0 spiro atoms. The summed E-state index contributed by atoms with van der Waals surface area (Å²) in [5.74, 6) is -0.0527. The Bertz CT molecular complexity index is 1370. The number of hydrogen-bond donors (Lipinski definition) is 3. The van der Waals surface area contributed by atoms with E-state index in [2.05, 4.69) is 55.6 Å². The summed E-state index contributed by atoms with van der Waals surface area (Å²) in [7, 11) is 0. The van der Waals surface area contributed by atoms with Crippen molar-refractivity contribution in [2.45, 2.75) is 411 Å². The van der Waals surface area contributed by atoms with Gasteiger partial charge in [0.25, 0.3) is 0 Å². The number of aliphatic hydroxyl groups excluding tert-OH is 2. The minimum Gasteiger partial charge on any atom is -0.466 e. The summed E-state index contributed by atoms with van der Waals surface area (Å²) in [5, 5.41) is 23.1. The number of amides is 1. The maximum absolute atomic E-state index is 12.4. The molecule has 0 aromatic heterocycles. The fourth-order valence-electron chi connectivity index (χ4n) is 11.4. The highest BCUT2D eigenvalue weighted by atomic mass is 16.5. The molecule has 482 valence electrons. The Morgan fingerprint density at radius 1 is 0.341 bits per heavy atom. The van der Waals surface area contributed by atoms with Gasteiger partial charge in [-0.25, -0.2) is 0 Å². The number of carbonyl (C=O) groups is 2. The molecule has 2 unspecified atom stereocenters. The molecule has 0 aliphatic heterocycles. The van der Waals surface area contributed by atoms with Gasteiger partial charge in [0.15, 0.2) is 0 Å². The third kappa shape index (κ3) is 67.0. The van der Waals surface area contributed by atoms with Crippen LogP contribution in [0, 0.1) is 0 Å². The predicted octanol–water partition coefficient (Wildman–Crippen LogP) is 24.0. The highest BCUT2D eigenvalue weighted by Gasteiger charge is 2.18. The number of carbonyl (C=O) groups excluding carboxylic acids is 2. The van der Waals surface area contributed by atoms with Gasteiger partial charge in [0.1, 0.15) is 0 Å². The van der Waals surface area contributed by atoms with Crippen molar-refractivity contribution in [3.8, 4) is 0 Å². The van der Waals surface area contributed by atoms with E-state index < -0.39 is 12.1 Å². The van der Waals surface area contributed by atoms with Crippen LogP contribution in [0.4, 0.5) is 0 Å². The van der Waals surface area contributed by atoms with E-state index >= 15 is 0 Å². The molecule has 3 N–H and O–H groups in total. The van der Waals surface area contributed by atoms with Gasteiger partial charge in [-0.3, -0.25) is 9.59 Å². The van der Waals surface area contributed by atoms with Crippen LogP contribution in [-0.2, 0) is 14.3 Å². The Morgan fingerprint density at radius 3 is 0.939 bits per heavy atom. The second kappa shape index (κ2) is 71.3. The summed E-state index contributed by atoms with van der Waals surface area (Å²) in [6, 6.07) is -0.624. The number of esters is 1. The lowest BCUT2D eigenvalue weighted by Crippen LogP contribution is -2.45. The van der Waals surface area contributed by atoms with Crippen molar-refractivity contribution in [2.75, 3.05) is 13.2 Å². The summed E-state index contributed by atoms with van der Waals surface area (Å²) >= 11 is 0. The molecule has 6 heteroatoms. The van der Waals surface area contributed by atoms with Crippen molar-refractivity contribution in [2.24, 2.45) is 0 Å². The molecule has 0 heterocycles. The average molecular weight is 1150 g/mol. The number of ether oxygens (including phenoxy) is 1.